The van der Waals surface area contributed by atoms with E-state index in [-0.39, 0.29) is 17.0 Å². The van der Waals surface area contributed by atoms with E-state index < -0.39 is 29.4 Å². The quantitative estimate of drug-likeness (QED) is 0.116. The van der Waals surface area contributed by atoms with Crippen LogP contribution < -0.4 is 16.2 Å². The van der Waals surface area contributed by atoms with E-state index in [1.54, 1.807) is 0 Å². The van der Waals surface area contributed by atoms with Crippen LogP contribution in [0.1, 0.15) is 53.9 Å². The van der Waals surface area contributed by atoms with Gasteiger partial charge in [-0.2, -0.15) is 13.2 Å². The van der Waals surface area contributed by atoms with E-state index in [0.717, 1.165) is 49.7 Å². The molecule has 1 unspecified atom stereocenters. The van der Waals surface area contributed by atoms with Crippen LogP contribution in [0, 0.1) is 5.92 Å². The molecule has 1 aromatic heterocycles. The van der Waals surface area contributed by atoms with Crippen LogP contribution in [-0.2, 0) is 11.8 Å². The Bertz CT molecular complexity index is 1490. The highest BCUT2D eigenvalue weighted by molar-refractivity contribution is 9.10. The number of hydrogen-bond acceptors (Lipinski definition) is 6. The van der Waals surface area contributed by atoms with Crippen molar-refractivity contribution < 1.29 is 32.9 Å². The molecule has 6 N–H and O–H groups in total. The summed E-state index contributed by atoms with van der Waals surface area (Å²) in [5.41, 5.74) is 19.0. The number of rotatable bonds is 7. The molecule has 2 aromatic carbocycles. The van der Waals surface area contributed by atoms with Gasteiger partial charge in [-0.05, 0) is 76.4 Å². The Morgan fingerprint density at radius 1 is 1.22 bits per heavy atom. The van der Waals surface area contributed by atoms with E-state index in [1.165, 1.54) is 22.3 Å². The van der Waals surface area contributed by atoms with E-state index in [0.29, 0.717) is 11.8 Å². The summed E-state index contributed by atoms with van der Waals surface area (Å²) in [5.74, 6) is -0.643. The van der Waals surface area contributed by atoms with Crippen molar-refractivity contribution in [2.24, 2.45) is 16.6 Å². The van der Waals surface area contributed by atoms with Crippen molar-refractivity contribution >= 4 is 33.4 Å². The average Bonchev–Trinajstić information content (AvgIpc) is 3.71. The molecule has 3 aromatic rings. The minimum Gasteiger partial charge on any atom is -0.480 e. The van der Waals surface area contributed by atoms with E-state index in [4.69, 9.17) is 16.6 Å². The molecular formula is C29H30BrF3N4O4. The molecule has 218 valence electrons. The van der Waals surface area contributed by atoms with Crippen molar-refractivity contribution in [2.45, 2.75) is 50.8 Å². The topological polar surface area (TPSA) is 144 Å². The number of carbonyl (C=O) groups is 1. The first kappa shape index (κ1) is 30.3. The molecule has 1 heterocycles. The number of fused-ring (bicyclic) bond motifs is 3. The van der Waals surface area contributed by atoms with Crippen molar-refractivity contribution in [3.8, 4) is 16.9 Å². The maximum Gasteiger partial charge on any atom is 0.425 e. The largest absolute Gasteiger partial charge is 0.480 e. The third-order valence-electron chi connectivity index (χ3n) is 7.56. The normalized spacial score (nSPS) is 16.5. The standard InChI is InChI=1S/C20H23N3O.C9H7BrF3NO3/c1-20(13-6-7-13,19(22)23-11-24)17-9-8-15-14-5-3-2-4-12(14)10-16(15)18(17)21;1-4(9(11,12)13)17-7-2-6(8(15)16)14-3-5(7)10/h2-5,8-9,13,24H,6-7,10-11,21H2,1H3,(H2,22,23);2-4H,1H3,(H,15,16)/t;4-/m.0/s1. The Balaban J connectivity index is 0.000000202. The van der Waals surface area contributed by atoms with Crippen LogP contribution in [0.5, 0.6) is 5.75 Å². The van der Waals surface area contributed by atoms with Gasteiger partial charge in [0.25, 0.3) is 0 Å². The number of aliphatic hydroxyl groups is 1. The highest BCUT2D eigenvalue weighted by Crippen LogP contribution is 2.51. The molecule has 0 spiro atoms. The summed E-state index contributed by atoms with van der Waals surface area (Å²) >= 11 is 2.93. The monoisotopic (exact) mass is 634 g/mol. The fourth-order valence-electron chi connectivity index (χ4n) is 5.04. The van der Waals surface area contributed by atoms with Gasteiger partial charge in [-0.15, -0.1) is 0 Å². The van der Waals surface area contributed by atoms with Crippen LogP contribution in [0.3, 0.4) is 0 Å². The molecule has 1 fully saturated rings. The summed E-state index contributed by atoms with van der Waals surface area (Å²) in [6.45, 7) is 2.65. The number of nitrogens with zero attached hydrogens (tertiary/aromatic N) is 2. The van der Waals surface area contributed by atoms with Crippen molar-refractivity contribution in [1.82, 2.24) is 4.98 Å². The molecule has 5 rings (SSSR count). The number of aliphatic imine (C=N–C) groups is 1. The van der Waals surface area contributed by atoms with Crippen molar-refractivity contribution in [3.63, 3.8) is 0 Å². The second kappa shape index (κ2) is 11.7. The van der Waals surface area contributed by atoms with E-state index in [2.05, 4.69) is 74.0 Å². The van der Waals surface area contributed by atoms with E-state index in [1.807, 2.05) is 0 Å². The highest BCUT2D eigenvalue weighted by Gasteiger charge is 2.47. The molecule has 0 aliphatic heterocycles. The summed E-state index contributed by atoms with van der Waals surface area (Å²) in [4.78, 5) is 18.2. The molecular weight excluding hydrogens is 605 g/mol. The van der Waals surface area contributed by atoms with Crippen molar-refractivity contribution in [2.75, 3.05) is 12.5 Å². The minimum absolute atomic E-state index is 0.151. The maximum absolute atomic E-state index is 12.3. The third-order valence-corrected chi connectivity index (χ3v) is 8.16. The second-order valence-electron chi connectivity index (χ2n) is 10.2. The SMILES string of the molecule is CC(C(N)=NCO)(c1ccc2c(c1N)Cc1ccccc1-2)C1CC1.C[C@H](Oc1cc(C(=O)O)ncc1Br)C(F)(F)F. The van der Waals surface area contributed by atoms with Gasteiger partial charge in [0.15, 0.2) is 11.8 Å². The van der Waals surface area contributed by atoms with Gasteiger partial charge in [-0.25, -0.2) is 14.8 Å². The Morgan fingerprint density at radius 2 is 1.90 bits per heavy atom. The van der Waals surface area contributed by atoms with Gasteiger partial charge in [-0.3, -0.25) is 0 Å². The molecule has 8 nitrogen and oxygen atoms in total. The van der Waals surface area contributed by atoms with E-state index in [9.17, 15) is 23.1 Å². The number of anilines is 1. The first-order valence-corrected chi connectivity index (χ1v) is 13.6. The van der Waals surface area contributed by atoms with Gasteiger partial charge >= 0.3 is 12.1 Å². The van der Waals surface area contributed by atoms with Crippen molar-refractivity contribution in [1.29, 1.82) is 0 Å². The van der Waals surface area contributed by atoms with Gasteiger partial charge in [0.05, 0.1) is 9.89 Å². The molecule has 41 heavy (non-hydrogen) atoms. The molecule has 0 amide bonds. The highest BCUT2D eigenvalue weighted by atomic mass is 79.9. The molecule has 2 aliphatic carbocycles. The van der Waals surface area contributed by atoms with Crippen LogP contribution in [-0.4, -0.2) is 46.0 Å². The van der Waals surface area contributed by atoms with Gasteiger partial charge in [-0.1, -0.05) is 36.4 Å². The first-order valence-electron chi connectivity index (χ1n) is 12.8. The average molecular weight is 635 g/mol. The van der Waals surface area contributed by atoms with Crippen molar-refractivity contribution in [3.05, 3.63) is 75.5 Å². The summed E-state index contributed by atoms with van der Waals surface area (Å²) in [6, 6.07) is 13.7. The number of nitrogens with two attached hydrogens (primary N) is 2. The van der Waals surface area contributed by atoms with Gasteiger partial charge in [0.2, 0.25) is 0 Å². The lowest BCUT2D eigenvalue weighted by Gasteiger charge is -2.32. The van der Waals surface area contributed by atoms with E-state index >= 15 is 0 Å². The minimum atomic E-state index is -4.52. The fraction of sp³-hybridized carbons (Fsp3) is 0.345. The number of halogens is 4. The molecule has 0 bridgehead atoms. The fourth-order valence-corrected chi connectivity index (χ4v) is 5.35. The number of amidine groups is 1. The Kier molecular flexibility index (Phi) is 8.65. The molecule has 12 heteroatoms. The van der Waals surface area contributed by atoms with Gasteiger partial charge in [0, 0.05) is 24.4 Å². The van der Waals surface area contributed by atoms with Gasteiger partial charge < -0.3 is 26.4 Å². The Labute approximate surface area is 243 Å². The summed E-state index contributed by atoms with van der Waals surface area (Å²) in [7, 11) is 0. The third kappa shape index (κ3) is 6.18. The number of carboxylic acids is 1. The number of nitrogen functional groups attached to an aromatic ring is 1. The zero-order valence-corrected chi connectivity index (χ0v) is 24.0. The number of aliphatic hydroxyl groups excluding tert-OH is 1. The van der Waals surface area contributed by atoms with Crippen LogP contribution in [0.4, 0.5) is 18.9 Å². The lowest BCUT2D eigenvalue weighted by molar-refractivity contribution is -0.189. The molecule has 0 saturated heterocycles. The van der Waals surface area contributed by atoms with Crippen LogP contribution in [0.2, 0.25) is 0 Å². The predicted octanol–water partition coefficient (Wildman–Crippen LogP) is 5.69. The predicted molar refractivity (Wildman–Crippen MR) is 153 cm³/mol. The lowest BCUT2D eigenvalue weighted by Crippen LogP contribution is -2.41. The second-order valence-corrected chi connectivity index (χ2v) is 11.0. The molecule has 2 aliphatic rings. The summed E-state index contributed by atoms with van der Waals surface area (Å²) in [6.07, 6.45) is -2.39. The molecule has 1 saturated carbocycles. The first-order chi connectivity index (χ1) is 19.3. The number of hydrogen-bond donors (Lipinski definition) is 4. The number of aromatic nitrogens is 1. The summed E-state index contributed by atoms with van der Waals surface area (Å²) < 4.78 is 41.5. The Hall–Kier alpha value is -3.64. The smallest absolute Gasteiger partial charge is 0.425 e. The molecule has 0 radical (unpaired) electrons. The zero-order chi connectivity index (χ0) is 30.1. The number of aromatic carboxylic acids is 1. The van der Waals surface area contributed by atoms with Crippen LogP contribution in [0.25, 0.3) is 11.1 Å². The Morgan fingerprint density at radius 3 is 2.51 bits per heavy atom. The van der Waals surface area contributed by atoms with Gasteiger partial charge in [0.1, 0.15) is 18.3 Å². The number of carboxylic acid groups (broad SMARTS) is 1. The number of benzene rings is 2. The summed E-state index contributed by atoms with van der Waals surface area (Å²) in [5, 5.41) is 17.8. The number of pyridine rings is 1. The zero-order valence-electron chi connectivity index (χ0n) is 22.4. The number of alkyl halides is 3. The number of ether oxygens (including phenoxy) is 1. The lowest BCUT2D eigenvalue weighted by atomic mass is 9.74. The maximum atomic E-state index is 12.3. The molecule has 2 atom stereocenters. The van der Waals surface area contributed by atoms with Crippen LogP contribution in [0.15, 0.2) is 58.1 Å². The van der Waals surface area contributed by atoms with Crippen LogP contribution >= 0.6 is 15.9 Å².